The highest BCUT2D eigenvalue weighted by Crippen LogP contribution is 2.42. The van der Waals surface area contributed by atoms with Gasteiger partial charge in [0.05, 0.1) is 12.2 Å². The number of ether oxygens (including phenoxy) is 6. The minimum Gasteiger partial charge on any atom is -0.429 e. The van der Waals surface area contributed by atoms with Gasteiger partial charge in [-0.05, 0) is 39.8 Å². The van der Waals surface area contributed by atoms with E-state index in [1.165, 1.54) is 0 Å². The molecule has 0 aromatic heterocycles. The number of rotatable bonds is 3. The maximum atomic E-state index is 12.4. The van der Waals surface area contributed by atoms with Crippen molar-refractivity contribution in [3.8, 4) is 0 Å². The molecule has 0 amide bonds. The summed E-state index contributed by atoms with van der Waals surface area (Å²) in [6, 6.07) is 8.78. The van der Waals surface area contributed by atoms with Crippen LogP contribution in [0.5, 0.6) is 0 Å². The maximum Gasteiger partial charge on any atom is 0.340 e. The molecular formula is C19H24O7. The molecule has 5 atom stereocenters. The smallest absolute Gasteiger partial charge is 0.340 e. The van der Waals surface area contributed by atoms with Gasteiger partial charge in [-0.2, -0.15) is 0 Å². The molecular weight excluding hydrogens is 340 g/mol. The van der Waals surface area contributed by atoms with E-state index >= 15 is 0 Å². The molecule has 4 rings (SSSR count). The minimum atomic E-state index is -0.869. The maximum absolute atomic E-state index is 12.4. The van der Waals surface area contributed by atoms with Gasteiger partial charge in [0.1, 0.15) is 18.3 Å². The second kappa shape index (κ2) is 6.28. The third-order valence-electron chi connectivity index (χ3n) is 4.68. The van der Waals surface area contributed by atoms with E-state index in [1.807, 2.05) is 33.8 Å². The lowest BCUT2D eigenvalue weighted by atomic mass is 10.1. The summed E-state index contributed by atoms with van der Waals surface area (Å²) >= 11 is 0. The highest BCUT2D eigenvalue weighted by Gasteiger charge is 2.60. The van der Waals surface area contributed by atoms with Crippen LogP contribution in [-0.2, 0) is 28.4 Å². The van der Waals surface area contributed by atoms with Crippen molar-refractivity contribution in [2.75, 3.05) is 6.61 Å². The molecule has 0 radical (unpaired) electrons. The molecule has 7 nitrogen and oxygen atoms in total. The first-order valence-electron chi connectivity index (χ1n) is 8.83. The van der Waals surface area contributed by atoms with Crippen LogP contribution in [0, 0.1) is 0 Å². The predicted molar refractivity (Wildman–Crippen MR) is 89.2 cm³/mol. The monoisotopic (exact) mass is 364 g/mol. The summed E-state index contributed by atoms with van der Waals surface area (Å²) in [4.78, 5) is 12.4. The third-order valence-corrected chi connectivity index (χ3v) is 4.68. The highest BCUT2D eigenvalue weighted by molar-refractivity contribution is 5.89. The molecule has 3 fully saturated rings. The van der Waals surface area contributed by atoms with Gasteiger partial charge in [-0.25, -0.2) is 4.79 Å². The van der Waals surface area contributed by atoms with Gasteiger partial charge in [0, 0.05) is 0 Å². The van der Waals surface area contributed by atoms with E-state index in [9.17, 15) is 4.79 Å². The Kier molecular flexibility index (Phi) is 4.32. The molecule has 142 valence electrons. The summed E-state index contributed by atoms with van der Waals surface area (Å²) < 4.78 is 35.1. The minimum absolute atomic E-state index is 0.324. The van der Waals surface area contributed by atoms with Crippen LogP contribution in [0.3, 0.4) is 0 Å². The normalized spacial score (nSPS) is 37.5. The van der Waals surface area contributed by atoms with E-state index in [0.717, 1.165) is 0 Å². The number of benzene rings is 1. The average molecular weight is 364 g/mol. The van der Waals surface area contributed by atoms with Crippen LogP contribution < -0.4 is 0 Å². The highest BCUT2D eigenvalue weighted by atomic mass is 16.8. The van der Waals surface area contributed by atoms with E-state index in [1.54, 1.807) is 24.3 Å². The van der Waals surface area contributed by atoms with Crippen molar-refractivity contribution >= 4 is 5.97 Å². The van der Waals surface area contributed by atoms with Crippen molar-refractivity contribution in [1.29, 1.82) is 0 Å². The molecule has 3 aliphatic rings. The number of carbonyl (C=O) groups is 1. The second-order valence-corrected chi connectivity index (χ2v) is 7.67. The van der Waals surface area contributed by atoms with Gasteiger partial charge < -0.3 is 28.4 Å². The Morgan fingerprint density at radius 3 is 2.31 bits per heavy atom. The summed E-state index contributed by atoms with van der Waals surface area (Å²) in [5, 5.41) is 0. The molecule has 0 aliphatic carbocycles. The molecule has 3 heterocycles. The summed E-state index contributed by atoms with van der Waals surface area (Å²) in [6.07, 6.45) is -2.56. The summed E-state index contributed by atoms with van der Waals surface area (Å²) in [6.45, 7) is 7.73. The zero-order valence-corrected chi connectivity index (χ0v) is 15.3. The second-order valence-electron chi connectivity index (χ2n) is 7.67. The van der Waals surface area contributed by atoms with Gasteiger partial charge in [-0.1, -0.05) is 18.2 Å². The SMILES string of the molecule is CC1(C)O[C@H]2[C@@H]([C@H]3COC(C)(C)O3)OC(OC(=O)c3ccccc3)[C@H]2O1. The lowest BCUT2D eigenvalue weighted by molar-refractivity contribution is -0.235. The van der Waals surface area contributed by atoms with E-state index in [4.69, 9.17) is 28.4 Å². The van der Waals surface area contributed by atoms with Crippen LogP contribution >= 0.6 is 0 Å². The zero-order chi connectivity index (χ0) is 18.5. The van der Waals surface area contributed by atoms with Crippen LogP contribution in [0.25, 0.3) is 0 Å². The number of carbonyl (C=O) groups excluding carboxylic acids is 1. The molecule has 26 heavy (non-hydrogen) atoms. The fourth-order valence-corrected chi connectivity index (χ4v) is 3.61. The standard InChI is InChI=1S/C19H24O7/c1-18(2)21-10-12(24-18)13-14-15(26-19(3,4)25-14)17(22-13)23-16(20)11-8-6-5-7-9-11/h5-9,12-15,17H,10H2,1-4H3/t12-,13-,14+,15+,17?/m1/s1. The first kappa shape index (κ1) is 17.9. The van der Waals surface area contributed by atoms with Crippen molar-refractivity contribution in [3.63, 3.8) is 0 Å². The Morgan fingerprint density at radius 1 is 0.962 bits per heavy atom. The molecule has 0 bridgehead atoms. The summed E-state index contributed by atoms with van der Waals surface area (Å²) in [5.74, 6) is -1.94. The summed E-state index contributed by atoms with van der Waals surface area (Å²) in [7, 11) is 0. The molecule has 1 aromatic carbocycles. The van der Waals surface area contributed by atoms with Gasteiger partial charge in [-0.15, -0.1) is 0 Å². The number of hydrogen-bond acceptors (Lipinski definition) is 7. The predicted octanol–water partition coefficient (Wildman–Crippen LogP) is 2.24. The van der Waals surface area contributed by atoms with Crippen molar-refractivity contribution in [2.24, 2.45) is 0 Å². The lowest BCUT2D eigenvalue weighted by Crippen LogP contribution is -2.40. The van der Waals surface area contributed by atoms with Gasteiger partial charge >= 0.3 is 5.97 Å². The van der Waals surface area contributed by atoms with Crippen molar-refractivity contribution in [2.45, 2.75) is 70.0 Å². The average Bonchev–Trinajstić information content (AvgIpc) is 3.19. The fourth-order valence-electron chi connectivity index (χ4n) is 3.61. The summed E-state index contributed by atoms with van der Waals surface area (Å²) in [5.41, 5.74) is 0.454. The number of hydrogen-bond donors (Lipinski definition) is 0. The number of fused-ring (bicyclic) bond motifs is 1. The fraction of sp³-hybridized carbons (Fsp3) is 0.632. The number of esters is 1. The Hall–Kier alpha value is -1.51. The molecule has 1 aromatic rings. The molecule has 3 saturated heterocycles. The van der Waals surface area contributed by atoms with Crippen LogP contribution in [0.2, 0.25) is 0 Å². The zero-order valence-electron chi connectivity index (χ0n) is 15.3. The first-order chi connectivity index (χ1) is 12.2. The van der Waals surface area contributed by atoms with Gasteiger partial charge in [0.2, 0.25) is 6.29 Å². The van der Waals surface area contributed by atoms with E-state index in [-0.39, 0.29) is 6.10 Å². The van der Waals surface area contributed by atoms with E-state index in [2.05, 4.69) is 0 Å². The topological polar surface area (TPSA) is 72.5 Å². The lowest BCUT2D eigenvalue weighted by Gasteiger charge is -2.26. The quantitative estimate of drug-likeness (QED) is 0.762. The van der Waals surface area contributed by atoms with E-state index < -0.39 is 42.1 Å². The molecule has 0 saturated carbocycles. The van der Waals surface area contributed by atoms with Crippen LogP contribution in [0.15, 0.2) is 30.3 Å². The van der Waals surface area contributed by atoms with Gasteiger partial charge in [0.25, 0.3) is 0 Å². The van der Waals surface area contributed by atoms with E-state index in [0.29, 0.717) is 12.2 Å². The van der Waals surface area contributed by atoms with Crippen molar-refractivity contribution in [1.82, 2.24) is 0 Å². The largest absolute Gasteiger partial charge is 0.429 e. The molecule has 0 N–H and O–H groups in total. The van der Waals surface area contributed by atoms with Gasteiger partial charge in [0.15, 0.2) is 17.7 Å². The van der Waals surface area contributed by atoms with Crippen LogP contribution in [0.1, 0.15) is 38.1 Å². The van der Waals surface area contributed by atoms with Crippen molar-refractivity contribution in [3.05, 3.63) is 35.9 Å². The Bertz CT molecular complexity index is 672. The van der Waals surface area contributed by atoms with Crippen LogP contribution in [-0.4, -0.2) is 54.9 Å². The third kappa shape index (κ3) is 3.37. The van der Waals surface area contributed by atoms with Crippen molar-refractivity contribution < 1.29 is 33.2 Å². The molecule has 7 heteroatoms. The first-order valence-corrected chi connectivity index (χ1v) is 8.83. The van der Waals surface area contributed by atoms with Crippen LogP contribution in [0.4, 0.5) is 0 Å². The Morgan fingerprint density at radius 2 is 1.65 bits per heavy atom. The Labute approximate surface area is 152 Å². The molecule has 0 spiro atoms. The van der Waals surface area contributed by atoms with Gasteiger partial charge in [-0.3, -0.25) is 0 Å². The molecule has 1 unspecified atom stereocenters. The molecule has 3 aliphatic heterocycles. The Balaban J connectivity index is 1.51.